The van der Waals surface area contributed by atoms with Gasteiger partial charge in [-0.05, 0) is 129 Å². The highest BCUT2D eigenvalue weighted by atomic mass is 16.6. The number of esters is 1. The van der Waals surface area contributed by atoms with Gasteiger partial charge in [-0.3, -0.25) is 20.1 Å². The molecule has 18 nitrogen and oxygen atoms in total. The van der Waals surface area contributed by atoms with Crippen molar-refractivity contribution in [2.75, 3.05) is 19.7 Å². The number of ether oxygens (including phenoxy) is 4. The monoisotopic (exact) mass is 1100 g/mol. The number of aliphatic imine (C=N–C) groups is 1. The van der Waals surface area contributed by atoms with Crippen LogP contribution in [0.25, 0.3) is 10.9 Å². The van der Waals surface area contributed by atoms with Gasteiger partial charge in [-0.1, -0.05) is 49.3 Å². The second-order valence-electron chi connectivity index (χ2n) is 23.5. The van der Waals surface area contributed by atoms with Gasteiger partial charge >= 0.3 is 5.97 Å². The van der Waals surface area contributed by atoms with Crippen LogP contribution in [0.5, 0.6) is 28.7 Å². The Kier molecular flexibility index (Phi) is 15.8. The highest BCUT2D eigenvalue weighted by Gasteiger charge is 2.60. The molecule has 3 aromatic heterocycles. The Labute approximate surface area is 473 Å². The molecule has 3 saturated carbocycles. The van der Waals surface area contributed by atoms with Crippen LogP contribution in [0.3, 0.4) is 0 Å². The number of carbonyl (C=O) groups excluding carboxylic acids is 1. The van der Waals surface area contributed by atoms with Gasteiger partial charge in [0, 0.05) is 93.0 Å². The van der Waals surface area contributed by atoms with Crippen molar-refractivity contribution in [1.82, 2.24) is 35.8 Å². The molecule has 428 valence electrons. The first kappa shape index (κ1) is 54.3. The van der Waals surface area contributed by atoms with Crippen LogP contribution in [0.15, 0.2) is 108 Å². The van der Waals surface area contributed by atoms with Gasteiger partial charge in [-0.25, -0.2) is 0 Å². The molecule has 18 heteroatoms. The zero-order valence-electron chi connectivity index (χ0n) is 46.1. The number of H-pyrrole nitrogens is 1. The number of aliphatic hydroxyl groups is 1. The fourth-order valence-electron chi connectivity index (χ4n) is 14.4. The number of rotatable bonds is 14. The largest absolute Gasteiger partial charge is 0.504 e. The van der Waals surface area contributed by atoms with Gasteiger partial charge < -0.3 is 70.6 Å². The highest BCUT2D eigenvalue weighted by Crippen LogP contribution is 2.52. The van der Waals surface area contributed by atoms with Gasteiger partial charge in [0.25, 0.3) is 0 Å². The summed E-state index contributed by atoms with van der Waals surface area (Å²) in [4.78, 5) is 25.9. The van der Waals surface area contributed by atoms with Crippen molar-refractivity contribution in [3.63, 3.8) is 0 Å². The van der Waals surface area contributed by atoms with E-state index in [2.05, 4.69) is 72.2 Å². The van der Waals surface area contributed by atoms with Crippen molar-refractivity contribution in [2.24, 2.45) is 40.3 Å². The summed E-state index contributed by atoms with van der Waals surface area (Å²) in [6.07, 6.45) is 21.9. The van der Waals surface area contributed by atoms with Gasteiger partial charge in [0.05, 0.1) is 47.5 Å². The van der Waals surface area contributed by atoms with Crippen molar-refractivity contribution < 1.29 is 44.2 Å². The second kappa shape index (κ2) is 23.6. The van der Waals surface area contributed by atoms with Gasteiger partial charge in [0.15, 0.2) is 29.0 Å². The van der Waals surface area contributed by atoms with Gasteiger partial charge in [0.1, 0.15) is 24.6 Å². The van der Waals surface area contributed by atoms with Crippen LogP contribution < -0.4 is 36.5 Å². The zero-order valence-corrected chi connectivity index (χ0v) is 46.1. The molecule has 5 fully saturated rings. The number of aliphatic hydroxyl groups excluding tert-OH is 1. The number of aromatic amines is 1. The molecule has 1 spiro atoms. The number of hydrogen-bond donors (Lipinski definition) is 10. The lowest BCUT2D eigenvalue weighted by Crippen LogP contribution is -2.75. The van der Waals surface area contributed by atoms with Crippen molar-refractivity contribution in [3.8, 4) is 40.6 Å². The molecule has 2 aromatic carbocycles. The number of phenolic OH excluding ortho intramolecular Hbond substituents is 3. The smallest absolute Gasteiger partial charge is 0.302 e. The van der Waals surface area contributed by atoms with Crippen LogP contribution in [0.1, 0.15) is 119 Å². The summed E-state index contributed by atoms with van der Waals surface area (Å²) in [7, 11) is 0. The fraction of sp³-hybridized carbons (Fsp3) is 0.508. The molecule has 3 aliphatic carbocycles. The summed E-state index contributed by atoms with van der Waals surface area (Å²) >= 11 is 0. The summed E-state index contributed by atoms with van der Waals surface area (Å²) in [5.74, 6) is 6.87. The minimum atomic E-state index is -0.986. The van der Waals surface area contributed by atoms with E-state index in [0.717, 1.165) is 67.0 Å². The molecule has 12 atom stereocenters. The van der Waals surface area contributed by atoms with E-state index in [4.69, 9.17) is 29.7 Å². The van der Waals surface area contributed by atoms with Crippen molar-refractivity contribution >= 4 is 22.8 Å². The van der Waals surface area contributed by atoms with E-state index in [-0.39, 0.29) is 53.4 Å². The predicted octanol–water partition coefficient (Wildman–Crippen LogP) is 7.77. The molecule has 0 amide bonds. The first-order valence-corrected chi connectivity index (χ1v) is 29.4. The third-order valence-corrected chi connectivity index (χ3v) is 18.3. The molecule has 2 bridgehead atoms. The van der Waals surface area contributed by atoms with Gasteiger partial charge in [-0.2, -0.15) is 0 Å². The van der Waals surface area contributed by atoms with Crippen LogP contribution in [0, 0.1) is 41.4 Å². The maximum atomic E-state index is 13.1. The number of nitrogens with zero attached hydrogens (tertiary/aromatic N) is 3. The molecule has 0 unspecified atom stereocenters. The number of allylic oxidation sites excluding steroid dienone is 2. The van der Waals surface area contributed by atoms with Crippen molar-refractivity contribution in [2.45, 2.75) is 152 Å². The number of hydrogen-bond acceptors (Lipinski definition) is 14. The second-order valence-corrected chi connectivity index (χ2v) is 23.5. The Balaban J connectivity index is 0.933. The van der Waals surface area contributed by atoms with E-state index < -0.39 is 60.2 Å². The number of dihydropyridines is 1. The summed E-state index contributed by atoms with van der Waals surface area (Å²) in [5, 5.41) is 63.0. The Morgan fingerprint density at radius 1 is 1.01 bits per heavy atom. The molecule has 81 heavy (non-hydrogen) atoms. The van der Waals surface area contributed by atoms with Crippen LogP contribution in [0.2, 0.25) is 0 Å². The number of carbonyl (C=O) groups is 1. The van der Waals surface area contributed by atoms with Crippen LogP contribution in [0.4, 0.5) is 0 Å². The normalized spacial score (nSPS) is 30.0. The van der Waals surface area contributed by atoms with E-state index in [0.29, 0.717) is 81.1 Å². The molecule has 4 aliphatic heterocycles. The van der Waals surface area contributed by atoms with Crippen LogP contribution >= 0.6 is 0 Å². The van der Waals surface area contributed by atoms with Gasteiger partial charge in [0.2, 0.25) is 5.75 Å². The lowest BCUT2D eigenvalue weighted by Gasteiger charge is -2.57. The topological polar surface area (TPSA) is 255 Å². The van der Waals surface area contributed by atoms with Crippen LogP contribution in [-0.2, 0) is 27.1 Å². The zero-order chi connectivity index (χ0) is 55.6. The third-order valence-electron chi connectivity index (χ3n) is 18.3. The third kappa shape index (κ3) is 11.6. The van der Waals surface area contributed by atoms with Crippen LogP contribution in [-0.4, -0.2) is 103 Å². The average Bonchev–Trinajstić information content (AvgIpc) is 3.64. The SMILES string of the molecule is CC(=O)O[C@H]1C[C@@H](c2cc(O)c(O)c(OCCc3cccnc3)c2)O[C@H]2[C@H]3Cc4ccc(O)c(c4)O[C@@H]4CCC[C@]5(NC(=NCCCC6=CCNC(N)=C6)N[C@@H](n6cc7cc[nH]c7c6)[C@H]5[C@@H](O)NC5CCCCC5)[C@H]4C#C[C@@H]3CC[C@H]21. The minimum Gasteiger partial charge on any atom is -0.504 e. The Bertz CT molecular complexity index is 3180. The summed E-state index contributed by atoms with van der Waals surface area (Å²) in [5.41, 5.74) is 9.85. The molecule has 11 N–H and O–H groups in total. The molecule has 5 aromatic rings. The highest BCUT2D eigenvalue weighted by molar-refractivity contribution is 5.83. The average molecular weight is 1100 g/mol. The number of aromatic nitrogens is 3. The van der Waals surface area contributed by atoms with E-state index >= 15 is 0 Å². The Hall–Kier alpha value is -7.33. The quantitative estimate of drug-likeness (QED) is 0.0168. The van der Waals surface area contributed by atoms with E-state index in [9.17, 15) is 25.2 Å². The standard InChI is InChI=1S/C63H77N9O9/c1-37(73)79-53-33-52(43-31-50(75)58(76)55(32-43)78-27-21-39-9-6-23-65-34-39)81-59-45(53)16-14-41-15-17-47-51(80-54-29-40(28-46(41)59)13-18-49(54)74)12-5-22-63(47)57(61(77)69-44-10-3-2-4-11-44)60(72-35-42-20-26-66-48(42)36-72)70-62(71-63)68-24-7-8-38-19-25-67-56(64)30-38/h6,9,13,18-20,23,26,29-32,34-36,41,44-47,51-53,57,59-61,66-67,69,74-77H,2-5,7-8,10-12,14,16,21-22,24-25,27-28,33,64H2,1H3,(H2,68,70,71)/t41-,45-,46-,47-,51+,52-,53-,57-,59+,60-,61+,63-/m0/s1. The molecule has 7 aliphatic rings. The molecule has 12 rings (SSSR count). The lowest BCUT2D eigenvalue weighted by atomic mass is 9.61. The number of phenols is 3. The first-order valence-electron chi connectivity index (χ1n) is 29.4. The minimum absolute atomic E-state index is 0.0220. The lowest BCUT2D eigenvalue weighted by molar-refractivity contribution is -0.196. The number of nitrogens with one attached hydrogen (secondary N) is 5. The molecular weight excluding hydrogens is 1030 g/mol. The Morgan fingerprint density at radius 3 is 2.73 bits per heavy atom. The molecule has 7 heterocycles. The number of aromatic hydroxyl groups is 3. The summed E-state index contributed by atoms with van der Waals surface area (Å²) in [6, 6.07) is 14.8. The first-order chi connectivity index (χ1) is 39.4. The number of pyridine rings is 1. The predicted molar refractivity (Wildman–Crippen MR) is 306 cm³/mol. The van der Waals surface area contributed by atoms with E-state index in [1.165, 1.54) is 25.0 Å². The summed E-state index contributed by atoms with van der Waals surface area (Å²) in [6.45, 7) is 2.88. The van der Waals surface area contributed by atoms with Crippen molar-refractivity contribution in [1.29, 1.82) is 0 Å². The molecule has 0 radical (unpaired) electrons. The number of nitrogens with two attached hydrogens (primary N) is 1. The molecular formula is C63H77N9O9. The maximum absolute atomic E-state index is 13.1. The fourth-order valence-corrected chi connectivity index (χ4v) is 14.4. The molecule has 2 saturated heterocycles. The van der Waals surface area contributed by atoms with E-state index in [1.807, 2.05) is 36.5 Å². The van der Waals surface area contributed by atoms with Gasteiger partial charge in [-0.15, -0.1) is 0 Å². The Morgan fingerprint density at radius 2 is 1.90 bits per heavy atom. The van der Waals surface area contributed by atoms with Crippen molar-refractivity contribution in [3.05, 3.63) is 120 Å². The summed E-state index contributed by atoms with van der Waals surface area (Å²) < 4.78 is 29.0. The number of fused-ring (bicyclic) bond motifs is 8. The van der Waals surface area contributed by atoms with E-state index in [1.54, 1.807) is 24.5 Å². The number of benzene rings is 2. The number of guanidine groups is 1. The maximum Gasteiger partial charge on any atom is 0.302 e.